The van der Waals surface area contributed by atoms with Gasteiger partial charge in [-0.3, -0.25) is 9.59 Å². The minimum Gasteiger partial charge on any atom is -0.323 e. The Balaban J connectivity index is 2.08. The van der Waals surface area contributed by atoms with Crippen molar-refractivity contribution in [2.75, 3.05) is 5.32 Å². The van der Waals surface area contributed by atoms with Gasteiger partial charge in [-0.1, -0.05) is 60.1 Å². The Morgan fingerprint density at radius 2 is 1.74 bits per heavy atom. The molecular formula is C18H13ClN2O2. The van der Waals surface area contributed by atoms with E-state index in [0.717, 1.165) is 5.56 Å². The highest BCUT2D eigenvalue weighted by Gasteiger charge is 2.24. The topological polar surface area (TPSA) is 70.0 Å². The number of hydrogen-bond donors (Lipinski definition) is 1. The number of anilines is 1. The van der Waals surface area contributed by atoms with E-state index in [0.29, 0.717) is 10.7 Å². The summed E-state index contributed by atoms with van der Waals surface area (Å²) in [5, 5.41) is 11.9. The first kappa shape index (κ1) is 16.5. The van der Waals surface area contributed by atoms with Gasteiger partial charge in [-0.05, 0) is 23.8 Å². The molecule has 1 amide bonds. The summed E-state index contributed by atoms with van der Waals surface area (Å²) in [5.74, 6) is -2.71. The summed E-state index contributed by atoms with van der Waals surface area (Å²) in [6, 6.07) is 17.5. The van der Waals surface area contributed by atoms with Gasteiger partial charge < -0.3 is 5.32 Å². The molecule has 2 aromatic rings. The van der Waals surface area contributed by atoms with Gasteiger partial charge in [0.2, 0.25) is 5.91 Å². The number of allylic oxidation sites excluding steroid dienone is 1. The van der Waals surface area contributed by atoms with E-state index in [2.05, 4.69) is 5.32 Å². The van der Waals surface area contributed by atoms with Crippen LogP contribution < -0.4 is 5.32 Å². The number of carbonyl (C=O) groups is 2. The lowest BCUT2D eigenvalue weighted by Gasteiger charge is -2.09. The van der Waals surface area contributed by atoms with Gasteiger partial charge in [0.05, 0.1) is 16.8 Å². The standard InChI is InChI=1S/C18H13ClN2O2/c19-15-8-4-5-9-16(15)21-18(23)14(12-20)17(22)11-10-13-6-2-1-3-7-13/h1-11,14H,(H,21,23). The van der Waals surface area contributed by atoms with E-state index >= 15 is 0 Å². The molecule has 0 radical (unpaired) electrons. The quantitative estimate of drug-likeness (QED) is 0.673. The van der Waals surface area contributed by atoms with Crippen molar-refractivity contribution in [1.82, 2.24) is 0 Å². The van der Waals surface area contributed by atoms with E-state index in [-0.39, 0.29) is 0 Å². The van der Waals surface area contributed by atoms with Crippen LogP contribution in [0.1, 0.15) is 5.56 Å². The van der Waals surface area contributed by atoms with E-state index < -0.39 is 17.6 Å². The molecule has 114 valence electrons. The summed E-state index contributed by atoms with van der Waals surface area (Å²) in [6.07, 6.45) is 2.80. The van der Waals surface area contributed by atoms with Crippen molar-refractivity contribution < 1.29 is 9.59 Å². The van der Waals surface area contributed by atoms with Crippen molar-refractivity contribution in [1.29, 1.82) is 5.26 Å². The Hall–Kier alpha value is -2.90. The average Bonchev–Trinajstić information content (AvgIpc) is 2.57. The molecule has 23 heavy (non-hydrogen) atoms. The zero-order chi connectivity index (χ0) is 16.7. The van der Waals surface area contributed by atoms with Crippen molar-refractivity contribution in [2.45, 2.75) is 0 Å². The van der Waals surface area contributed by atoms with E-state index in [1.54, 1.807) is 36.4 Å². The van der Waals surface area contributed by atoms with Crippen LogP contribution in [-0.2, 0) is 9.59 Å². The van der Waals surface area contributed by atoms with Crippen LogP contribution in [0.5, 0.6) is 0 Å². The number of benzene rings is 2. The summed E-state index contributed by atoms with van der Waals surface area (Å²) in [4.78, 5) is 24.2. The number of carbonyl (C=O) groups excluding carboxylic acids is 2. The van der Waals surface area contributed by atoms with Gasteiger partial charge in [-0.15, -0.1) is 0 Å². The predicted molar refractivity (Wildman–Crippen MR) is 89.7 cm³/mol. The molecule has 0 aromatic heterocycles. The highest BCUT2D eigenvalue weighted by Crippen LogP contribution is 2.21. The number of halogens is 1. The maximum atomic E-state index is 12.1. The lowest BCUT2D eigenvalue weighted by Crippen LogP contribution is -2.27. The van der Waals surface area contributed by atoms with Gasteiger partial charge in [-0.25, -0.2) is 0 Å². The first-order valence-electron chi connectivity index (χ1n) is 6.84. The lowest BCUT2D eigenvalue weighted by atomic mass is 10.0. The predicted octanol–water partition coefficient (Wildman–Crippen LogP) is 3.70. The Labute approximate surface area is 139 Å². The molecule has 2 rings (SSSR count). The molecule has 1 atom stereocenters. The third-order valence-corrected chi connectivity index (χ3v) is 3.38. The second-order valence-electron chi connectivity index (χ2n) is 4.68. The molecule has 0 bridgehead atoms. The van der Waals surface area contributed by atoms with Crippen molar-refractivity contribution in [2.24, 2.45) is 5.92 Å². The molecule has 0 aliphatic rings. The number of amides is 1. The first-order valence-corrected chi connectivity index (χ1v) is 7.21. The molecule has 0 saturated carbocycles. The van der Waals surface area contributed by atoms with Crippen LogP contribution in [0.15, 0.2) is 60.7 Å². The third-order valence-electron chi connectivity index (χ3n) is 3.05. The molecule has 5 heteroatoms. The maximum Gasteiger partial charge on any atom is 0.249 e. The summed E-state index contributed by atoms with van der Waals surface area (Å²) >= 11 is 5.94. The molecule has 1 N–H and O–H groups in total. The maximum absolute atomic E-state index is 12.1. The highest BCUT2D eigenvalue weighted by molar-refractivity contribution is 6.33. The SMILES string of the molecule is N#CC(C(=O)C=Cc1ccccc1)C(=O)Nc1ccccc1Cl. The average molecular weight is 325 g/mol. The Bertz CT molecular complexity index is 779. The van der Waals surface area contributed by atoms with Gasteiger partial charge in [0.15, 0.2) is 11.7 Å². The van der Waals surface area contributed by atoms with Crippen LogP contribution in [0.25, 0.3) is 6.08 Å². The van der Waals surface area contributed by atoms with Gasteiger partial charge in [0, 0.05) is 0 Å². The fourth-order valence-electron chi connectivity index (χ4n) is 1.86. The molecule has 0 aliphatic carbocycles. The molecule has 4 nitrogen and oxygen atoms in total. The molecule has 0 heterocycles. The number of ketones is 1. The molecule has 0 saturated heterocycles. The number of nitrogens with zero attached hydrogens (tertiary/aromatic N) is 1. The molecule has 0 aliphatic heterocycles. The minimum atomic E-state index is -1.42. The first-order chi connectivity index (χ1) is 11.1. The summed E-state index contributed by atoms with van der Waals surface area (Å²) in [7, 11) is 0. The lowest BCUT2D eigenvalue weighted by molar-refractivity contribution is -0.126. The van der Waals surface area contributed by atoms with E-state index in [1.165, 1.54) is 6.08 Å². The fraction of sp³-hybridized carbons (Fsp3) is 0.0556. The van der Waals surface area contributed by atoms with E-state index in [4.69, 9.17) is 16.9 Å². The van der Waals surface area contributed by atoms with E-state index in [1.807, 2.05) is 30.3 Å². The van der Waals surface area contributed by atoms with Crippen LogP contribution in [0.2, 0.25) is 5.02 Å². The van der Waals surface area contributed by atoms with Crippen molar-refractivity contribution >= 4 is 35.1 Å². The van der Waals surface area contributed by atoms with Gasteiger partial charge in [0.1, 0.15) is 0 Å². The van der Waals surface area contributed by atoms with Crippen molar-refractivity contribution in [3.05, 3.63) is 71.3 Å². The largest absolute Gasteiger partial charge is 0.323 e. The summed E-state index contributed by atoms with van der Waals surface area (Å²) in [5.41, 5.74) is 1.17. The second-order valence-corrected chi connectivity index (χ2v) is 5.08. The number of hydrogen-bond acceptors (Lipinski definition) is 3. The number of rotatable bonds is 5. The fourth-order valence-corrected chi connectivity index (χ4v) is 2.04. The second kappa shape index (κ2) is 7.92. The van der Waals surface area contributed by atoms with Crippen molar-refractivity contribution in [3.8, 4) is 6.07 Å². The summed E-state index contributed by atoms with van der Waals surface area (Å²) < 4.78 is 0. The number of nitrogens with one attached hydrogen (secondary N) is 1. The Morgan fingerprint density at radius 1 is 1.09 bits per heavy atom. The molecule has 1 unspecified atom stereocenters. The normalized spacial score (nSPS) is 11.7. The van der Waals surface area contributed by atoms with Crippen LogP contribution in [0, 0.1) is 17.2 Å². The van der Waals surface area contributed by atoms with E-state index in [9.17, 15) is 9.59 Å². The smallest absolute Gasteiger partial charge is 0.249 e. The zero-order valence-corrected chi connectivity index (χ0v) is 12.8. The Morgan fingerprint density at radius 3 is 2.39 bits per heavy atom. The number of para-hydroxylation sites is 1. The van der Waals surface area contributed by atoms with Gasteiger partial charge in [0.25, 0.3) is 0 Å². The third kappa shape index (κ3) is 4.53. The molecular weight excluding hydrogens is 312 g/mol. The number of nitriles is 1. The monoisotopic (exact) mass is 324 g/mol. The summed E-state index contributed by atoms with van der Waals surface area (Å²) in [6.45, 7) is 0. The van der Waals surface area contributed by atoms with Gasteiger partial charge in [-0.2, -0.15) is 5.26 Å². The van der Waals surface area contributed by atoms with Crippen molar-refractivity contribution in [3.63, 3.8) is 0 Å². The minimum absolute atomic E-state index is 0.338. The van der Waals surface area contributed by atoms with Gasteiger partial charge >= 0.3 is 0 Å². The van der Waals surface area contributed by atoms with Crippen LogP contribution >= 0.6 is 11.6 Å². The van der Waals surface area contributed by atoms with Crippen LogP contribution in [0.3, 0.4) is 0 Å². The zero-order valence-electron chi connectivity index (χ0n) is 12.1. The molecule has 0 spiro atoms. The molecule has 0 fully saturated rings. The van der Waals surface area contributed by atoms with Crippen LogP contribution in [0.4, 0.5) is 5.69 Å². The Kier molecular flexibility index (Phi) is 5.67. The highest BCUT2D eigenvalue weighted by atomic mass is 35.5. The van der Waals surface area contributed by atoms with Crippen LogP contribution in [-0.4, -0.2) is 11.7 Å². The molecule has 2 aromatic carbocycles.